The van der Waals surface area contributed by atoms with E-state index in [-0.39, 0.29) is 0 Å². The van der Waals surface area contributed by atoms with Gasteiger partial charge < -0.3 is 4.48 Å². The lowest BCUT2D eigenvalue weighted by atomic mass is 10.1. The summed E-state index contributed by atoms with van der Waals surface area (Å²) in [5.41, 5.74) is 0.331. The first-order chi connectivity index (χ1) is 6.83. The summed E-state index contributed by atoms with van der Waals surface area (Å²) in [6, 6.07) is 0.847. The predicted molar refractivity (Wildman–Crippen MR) is 66.7 cm³/mol. The van der Waals surface area contributed by atoms with Crippen molar-refractivity contribution in [1.29, 1.82) is 0 Å². The van der Waals surface area contributed by atoms with E-state index in [1.165, 1.54) is 37.1 Å². The number of quaternary nitrogens is 1. The quantitative estimate of drug-likeness (QED) is 0.652. The highest BCUT2D eigenvalue weighted by atomic mass is 15.5. The summed E-state index contributed by atoms with van der Waals surface area (Å²) in [4.78, 5) is 2.65. The molecule has 90 valence electrons. The highest BCUT2D eigenvalue weighted by molar-refractivity contribution is 4.81. The minimum Gasteiger partial charge on any atom is -0.310 e. The molecule has 0 aromatic carbocycles. The van der Waals surface area contributed by atoms with Gasteiger partial charge in [-0.05, 0) is 27.7 Å². The van der Waals surface area contributed by atoms with E-state index in [9.17, 15) is 0 Å². The summed E-state index contributed by atoms with van der Waals surface area (Å²) in [7, 11) is 2.42. The molecule has 1 heterocycles. The van der Waals surface area contributed by atoms with Crippen LogP contribution in [-0.2, 0) is 0 Å². The number of hydrogen-bond acceptors (Lipinski definition) is 1. The second-order valence-corrected chi connectivity index (χ2v) is 6.27. The van der Waals surface area contributed by atoms with Crippen LogP contribution in [0.2, 0.25) is 0 Å². The Hall–Kier alpha value is -0.0800. The molecule has 1 aliphatic heterocycles. The first-order valence-electron chi connectivity index (χ1n) is 6.42. The Morgan fingerprint density at radius 1 is 1.27 bits per heavy atom. The van der Waals surface area contributed by atoms with Crippen molar-refractivity contribution in [1.82, 2.24) is 4.90 Å². The Bertz CT molecular complexity index is 207. The Kier molecular flexibility index (Phi) is 3.83. The molecule has 0 spiro atoms. The van der Waals surface area contributed by atoms with Crippen LogP contribution in [0.4, 0.5) is 0 Å². The van der Waals surface area contributed by atoms with Gasteiger partial charge in [0.1, 0.15) is 12.7 Å². The number of nitrogens with zero attached hydrogens (tertiary/aromatic N) is 2. The lowest BCUT2D eigenvalue weighted by Gasteiger charge is -2.35. The van der Waals surface area contributed by atoms with E-state index in [0.717, 1.165) is 6.04 Å². The monoisotopic (exact) mass is 213 g/mol. The van der Waals surface area contributed by atoms with Crippen LogP contribution in [0.3, 0.4) is 0 Å². The molecule has 15 heavy (non-hydrogen) atoms. The van der Waals surface area contributed by atoms with Gasteiger partial charge in [-0.3, -0.25) is 0 Å². The Labute approximate surface area is 95.8 Å². The van der Waals surface area contributed by atoms with E-state index in [0.29, 0.717) is 5.54 Å². The van der Waals surface area contributed by atoms with Gasteiger partial charge in [-0.25, -0.2) is 4.90 Å². The molecular weight excluding hydrogens is 184 g/mol. The van der Waals surface area contributed by atoms with Gasteiger partial charge in [-0.15, -0.1) is 0 Å². The highest BCUT2D eigenvalue weighted by Crippen LogP contribution is 2.29. The molecule has 1 rings (SSSR count). The SMILES string of the molecule is CCCC1CN(C(C)(C)C)C[N@+]1(C)CC. The second kappa shape index (κ2) is 4.42. The summed E-state index contributed by atoms with van der Waals surface area (Å²) < 4.78 is 1.24. The summed E-state index contributed by atoms with van der Waals surface area (Å²) >= 11 is 0. The Morgan fingerprint density at radius 3 is 2.27 bits per heavy atom. The Balaban J connectivity index is 2.74. The molecule has 1 saturated heterocycles. The molecule has 0 N–H and O–H groups in total. The van der Waals surface area contributed by atoms with Crippen LogP contribution in [0, 0.1) is 0 Å². The van der Waals surface area contributed by atoms with Gasteiger partial charge in [0.05, 0.1) is 20.1 Å². The zero-order chi connectivity index (χ0) is 11.7. The molecule has 0 bridgehead atoms. The lowest BCUT2D eigenvalue weighted by molar-refractivity contribution is -0.923. The summed E-state index contributed by atoms with van der Waals surface area (Å²) in [5.74, 6) is 0. The van der Waals surface area contributed by atoms with Crippen LogP contribution in [-0.4, -0.2) is 47.8 Å². The molecule has 0 aliphatic carbocycles. The van der Waals surface area contributed by atoms with Gasteiger partial charge in [0.15, 0.2) is 0 Å². The smallest absolute Gasteiger partial charge is 0.135 e. The predicted octanol–water partition coefficient (Wildman–Crippen LogP) is 2.69. The fraction of sp³-hybridized carbons (Fsp3) is 1.00. The fourth-order valence-electron chi connectivity index (χ4n) is 2.60. The van der Waals surface area contributed by atoms with E-state index in [2.05, 4.69) is 46.6 Å². The first-order valence-corrected chi connectivity index (χ1v) is 6.42. The molecule has 2 atom stereocenters. The van der Waals surface area contributed by atoms with Crippen molar-refractivity contribution < 1.29 is 4.48 Å². The number of hydrogen-bond donors (Lipinski definition) is 0. The van der Waals surface area contributed by atoms with Crippen LogP contribution in [0.5, 0.6) is 0 Å². The van der Waals surface area contributed by atoms with Crippen LogP contribution < -0.4 is 0 Å². The third-order valence-corrected chi connectivity index (χ3v) is 4.10. The van der Waals surface area contributed by atoms with E-state index < -0.39 is 0 Å². The lowest BCUT2D eigenvalue weighted by Crippen LogP contribution is -2.50. The highest BCUT2D eigenvalue weighted by Gasteiger charge is 2.44. The average molecular weight is 213 g/mol. The molecule has 0 aromatic heterocycles. The molecule has 1 aliphatic rings. The van der Waals surface area contributed by atoms with Crippen LogP contribution in [0.25, 0.3) is 0 Å². The molecule has 0 amide bonds. The van der Waals surface area contributed by atoms with Crippen molar-refractivity contribution in [3.63, 3.8) is 0 Å². The van der Waals surface area contributed by atoms with Crippen LogP contribution in [0.15, 0.2) is 0 Å². The third-order valence-electron chi connectivity index (χ3n) is 4.10. The molecule has 0 radical (unpaired) electrons. The van der Waals surface area contributed by atoms with Crippen molar-refractivity contribution in [2.24, 2.45) is 0 Å². The summed E-state index contributed by atoms with van der Waals surface area (Å²) in [5, 5.41) is 0. The van der Waals surface area contributed by atoms with Crippen LogP contribution >= 0.6 is 0 Å². The van der Waals surface area contributed by atoms with Gasteiger partial charge in [-0.1, -0.05) is 13.3 Å². The molecule has 0 aromatic rings. The molecular formula is C13H29N2+. The zero-order valence-electron chi connectivity index (χ0n) is 11.5. The van der Waals surface area contributed by atoms with Gasteiger partial charge in [0.2, 0.25) is 0 Å². The van der Waals surface area contributed by atoms with Gasteiger partial charge in [0, 0.05) is 12.0 Å². The molecule has 2 heteroatoms. The van der Waals surface area contributed by atoms with Gasteiger partial charge in [-0.2, -0.15) is 0 Å². The van der Waals surface area contributed by atoms with Crippen LogP contribution in [0.1, 0.15) is 47.5 Å². The van der Waals surface area contributed by atoms with Crippen molar-refractivity contribution in [3.05, 3.63) is 0 Å². The standard InChI is InChI=1S/C13H29N2/c1-7-9-12-10-14(13(3,4)5)11-15(12,6)8-2/h12H,7-11H2,1-6H3/q+1/t12?,15-/m0/s1. The zero-order valence-corrected chi connectivity index (χ0v) is 11.5. The van der Waals surface area contributed by atoms with E-state index >= 15 is 0 Å². The fourth-order valence-corrected chi connectivity index (χ4v) is 2.60. The Morgan fingerprint density at radius 2 is 1.87 bits per heavy atom. The van der Waals surface area contributed by atoms with E-state index in [1.54, 1.807) is 0 Å². The second-order valence-electron chi connectivity index (χ2n) is 6.27. The molecule has 2 nitrogen and oxygen atoms in total. The van der Waals surface area contributed by atoms with Crippen molar-refractivity contribution >= 4 is 0 Å². The first kappa shape index (κ1) is 13.0. The van der Waals surface area contributed by atoms with Gasteiger partial charge >= 0.3 is 0 Å². The molecule has 1 fully saturated rings. The average Bonchev–Trinajstić information content (AvgIpc) is 2.45. The maximum absolute atomic E-state index is 2.65. The van der Waals surface area contributed by atoms with Crippen molar-refractivity contribution in [2.75, 3.05) is 26.8 Å². The summed E-state index contributed by atoms with van der Waals surface area (Å²) in [6.45, 7) is 15.4. The largest absolute Gasteiger partial charge is 0.310 e. The van der Waals surface area contributed by atoms with E-state index in [4.69, 9.17) is 0 Å². The van der Waals surface area contributed by atoms with Crippen molar-refractivity contribution in [3.8, 4) is 0 Å². The topological polar surface area (TPSA) is 3.24 Å². The maximum atomic E-state index is 2.65. The molecule has 1 unspecified atom stereocenters. The van der Waals surface area contributed by atoms with E-state index in [1.807, 2.05) is 0 Å². The maximum Gasteiger partial charge on any atom is 0.135 e. The van der Waals surface area contributed by atoms with Crippen molar-refractivity contribution in [2.45, 2.75) is 59.0 Å². The molecule has 0 saturated carbocycles. The number of rotatable bonds is 3. The normalized spacial score (nSPS) is 33.6. The third kappa shape index (κ3) is 2.73. The van der Waals surface area contributed by atoms with Gasteiger partial charge in [0.25, 0.3) is 0 Å². The minimum atomic E-state index is 0.331. The summed E-state index contributed by atoms with van der Waals surface area (Å²) in [6.07, 6.45) is 2.69. The number of likely N-dealkylation sites (N-methyl/N-ethyl adjacent to an activating group) is 1. The minimum absolute atomic E-state index is 0.331.